The molecule has 0 radical (unpaired) electrons. The van der Waals surface area contributed by atoms with Gasteiger partial charge in [0.2, 0.25) is 5.91 Å². The van der Waals surface area contributed by atoms with E-state index in [2.05, 4.69) is 20.3 Å². The Morgan fingerprint density at radius 3 is 2.85 bits per heavy atom. The van der Waals surface area contributed by atoms with Gasteiger partial charge in [-0.15, -0.1) is 0 Å². The minimum Gasteiger partial charge on any atom is -0.351 e. The first-order valence-corrected chi connectivity index (χ1v) is 9.41. The number of nitrogens with zero attached hydrogens (tertiary/aromatic N) is 2. The van der Waals surface area contributed by atoms with E-state index in [9.17, 15) is 9.18 Å². The number of fused-ring (bicyclic) bond motifs is 3. The van der Waals surface area contributed by atoms with E-state index >= 15 is 0 Å². The highest BCUT2D eigenvalue weighted by atomic mass is 32.2. The minimum absolute atomic E-state index is 0.110. The summed E-state index contributed by atoms with van der Waals surface area (Å²) in [6.45, 7) is 3.98. The number of rotatable bonds is 4. The van der Waals surface area contributed by atoms with Crippen LogP contribution in [0.1, 0.15) is 11.1 Å². The number of carbonyl (C=O) groups excluding carboxylic acids is 1. The number of hydrogen-bond acceptors (Lipinski definition) is 4. The predicted molar refractivity (Wildman–Crippen MR) is 107 cm³/mol. The van der Waals surface area contributed by atoms with Crippen LogP contribution in [0.25, 0.3) is 21.9 Å². The second kappa shape index (κ2) is 7.00. The molecule has 5 nitrogen and oxygen atoms in total. The van der Waals surface area contributed by atoms with Crippen LogP contribution >= 0.6 is 11.8 Å². The van der Waals surface area contributed by atoms with Gasteiger partial charge in [-0.05, 0) is 43.7 Å². The molecule has 27 heavy (non-hydrogen) atoms. The number of H-pyrrole nitrogens is 1. The maximum Gasteiger partial charge on any atom is 0.234 e. The lowest BCUT2D eigenvalue weighted by molar-refractivity contribution is -0.113. The van der Waals surface area contributed by atoms with E-state index in [0.29, 0.717) is 21.4 Å². The van der Waals surface area contributed by atoms with Crippen LogP contribution in [0.2, 0.25) is 0 Å². The third-order valence-electron chi connectivity index (χ3n) is 4.30. The first-order chi connectivity index (χ1) is 13.0. The fourth-order valence-electron chi connectivity index (χ4n) is 3.03. The molecule has 7 heteroatoms. The van der Waals surface area contributed by atoms with Crippen molar-refractivity contribution in [3.8, 4) is 0 Å². The number of anilines is 1. The van der Waals surface area contributed by atoms with E-state index < -0.39 is 0 Å². The molecule has 136 valence electrons. The number of aryl methyl sites for hydroxylation is 2. The Morgan fingerprint density at radius 1 is 1.19 bits per heavy atom. The van der Waals surface area contributed by atoms with Crippen LogP contribution in [0.3, 0.4) is 0 Å². The van der Waals surface area contributed by atoms with Crippen molar-refractivity contribution in [2.45, 2.75) is 18.9 Å². The zero-order valence-electron chi connectivity index (χ0n) is 14.8. The molecule has 0 saturated heterocycles. The van der Waals surface area contributed by atoms with Crippen molar-refractivity contribution < 1.29 is 9.18 Å². The molecule has 2 aromatic heterocycles. The molecule has 0 saturated carbocycles. The summed E-state index contributed by atoms with van der Waals surface area (Å²) in [5, 5.41) is 4.29. The van der Waals surface area contributed by atoms with Gasteiger partial charge in [-0.25, -0.2) is 14.4 Å². The van der Waals surface area contributed by atoms with Crippen molar-refractivity contribution in [1.82, 2.24) is 15.0 Å². The third-order valence-corrected chi connectivity index (χ3v) is 5.29. The third kappa shape index (κ3) is 3.50. The number of aromatic amines is 1. The summed E-state index contributed by atoms with van der Waals surface area (Å²) < 4.78 is 13.5. The predicted octanol–water partition coefficient (Wildman–Crippen LogP) is 4.60. The van der Waals surface area contributed by atoms with Crippen LogP contribution in [0.15, 0.2) is 47.8 Å². The lowest BCUT2D eigenvalue weighted by Gasteiger charge is -2.09. The highest BCUT2D eigenvalue weighted by molar-refractivity contribution is 8.00. The Kier molecular flexibility index (Phi) is 4.53. The van der Waals surface area contributed by atoms with Crippen molar-refractivity contribution >= 4 is 45.3 Å². The Hall–Kier alpha value is -2.93. The molecule has 0 bridgehead atoms. The van der Waals surface area contributed by atoms with Crippen LogP contribution in [0, 0.1) is 19.7 Å². The first-order valence-electron chi connectivity index (χ1n) is 8.43. The smallest absolute Gasteiger partial charge is 0.234 e. The lowest BCUT2D eigenvalue weighted by atomic mass is 10.1. The quantitative estimate of drug-likeness (QED) is 0.401. The van der Waals surface area contributed by atoms with E-state index in [0.717, 1.165) is 22.3 Å². The van der Waals surface area contributed by atoms with Crippen molar-refractivity contribution in [1.29, 1.82) is 0 Å². The summed E-state index contributed by atoms with van der Waals surface area (Å²) in [7, 11) is 0. The molecule has 0 fully saturated rings. The standard InChI is InChI=1S/C20H17FN4OS/c1-11-3-5-15(12(2)7-11)24-17(26)9-27-20-19-18(22-10-23-20)14-8-13(21)4-6-16(14)25-19/h3-8,10,25H,9H2,1-2H3,(H,24,26). The van der Waals surface area contributed by atoms with Crippen molar-refractivity contribution in [3.05, 3.63) is 59.7 Å². The van der Waals surface area contributed by atoms with Crippen molar-refractivity contribution in [2.75, 3.05) is 11.1 Å². The van der Waals surface area contributed by atoms with E-state index in [1.807, 2.05) is 32.0 Å². The molecule has 4 aromatic rings. The molecule has 0 atom stereocenters. The number of hydrogen-bond donors (Lipinski definition) is 2. The molecule has 0 aliphatic heterocycles. The van der Waals surface area contributed by atoms with Gasteiger partial charge in [0.1, 0.15) is 22.7 Å². The summed E-state index contributed by atoms with van der Waals surface area (Å²) in [4.78, 5) is 24.1. The van der Waals surface area contributed by atoms with Gasteiger partial charge in [-0.2, -0.15) is 0 Å². The van der Waals surface area contributed by atoms with Gasteiger partial charge in [0, 0.05) is 16.6 Å². The first kappa shape index (κ1) is 17.5. The lowest BCUT2D eigenvalue weighted by Crippen LogP contribution is -2.15. The summed E-state index contributed by atoms with van der Waals surface area (Å²) in [5.41, 5.74) is 5.13. The molecule has 2 N–H and O–H groups in total. The minimum atomic E-state index is -0.316. The number of aromatic nitrogens is 3. The molecular formula is C20H17FN4OS. The highest BCUT2D eigenvalue weighted by Gasteiger charge is 2.13. The molecular weight excluding hydrogens is 363 g/mol. The Labute approximate surface area is 159 Å². The topological polar surface area (TPSA) is 70.7 Å². The second-order valence-corrected chi connectivity index (χ2v) is 7.34. The average Bonchev–Trinajstić information content (AvgIpc) is 3.01. The van der Waals surface area contributed by atoms with Crippen molar-refractivity contribution in [3.63, 3.8) is 0 Å². The molecule has 1 amide bonds. The summed E-state index contributed by atoms with van der Waals surface area (Å²) in [6.07, 6.45) is 1.44. The zero-order chi connectivity index (χ0) is 19.0. The van der Waals surface area contributed by atoms with Crippen LogP contribution in [0.5, 0.6) is 0 Å². The maximum atomic E-state index is 13.5. The monoisotopic (exact) mass is 380 g/mol. The van der Waals surface area contributed by atoms with Crippen LogP contribution < -0.4 is 5.32 Å². The van der Waals surface area contributed by atoms with E-state index in [1.165, 1.54) is 30.2 Å². The fraction of sp³-hybridized carbons (Fsp3) is 0.150. The van der Waals surface area contributed by atoms with Gasteiger partial charge in [0.15, 0.2) is 0 Å². The second-order valence-electron chi connectivity index (χ2n) is 6.37. The van der Waals surface area contributed by atoms with Gasteiger partial charge in [-0.1, -0.05) is 29.5 Å². The molecule has 4 rings (SSSR count). The molecule has 0 aliphatic rings. The van der Waals surface area contributed by atoms with Crippen LogP contribution in [0.4, 0.5) is 10.1 Å². The number of nitrogens with one attached hydrogen (secondary N) is 2. The Balaban J connectivity index is 1.55. The largest absolute Gasteiger partial charge is 0.351 e. The number of halogens is 1. The summed E-state index contributed by atoms with van der Waals surface area (Å²) >= 11 is 1.32. The molecule has 0 unspecified atom stereocenters. The van der Waals surface area contributed by atoms with E-state index in [-0.39, 0.29) is 17.5 Å². The number of benzene rings is 2. The van der Waals surface area contributed by atoms with Gasteiger partial charge in [0.05, 0.1) is 11.3 Å². The fourth-order valence-corrected chi connectivity index (χ4v) is 3.78. The number of carbonyl (C=O) groups is 1. The average molecular weight is 380 g/mol. The van der Waals surface area contributed by atoms with Gasteiger partial charge in [0.25, 0.3) is 0 Å². The number of thioether (sulfide) groups is 1. The SMILES string of the molecule is Cc1ccc(NC(=O)CSc2ncnc3c2[nH]c2ccc(F)cc23)c(C)c1. The van der Waals surface area contributed by atoms with E-state index in [4.69, 9.17) is 0 Å². The Bertz CT molecular complexity index is 1170. The normalized spacial score (nSPS) is 11.2. The molecule has 2 heterocycles. The summed E-state index contributed by atoms with van der Waals surface area (Å²) in [6, 6.07) is 10.4. The van der Waals surface area contributed by atoms with E-state index in [1.54, 1.807) is 6.07 Å². The highest BCUT2D eigenvalue weighted by Crippen LogP contribution is 2.30. The van der Waals surface area contributed by atoms with Crippen LogP contribution in [-0.4, -0.2) is 26.6 Å². The van der Waals surface area contributed by atoms with Gasteiger partial charge < -0.3 is 10.3 Å². The van der Waals surface area contributed by atoms with Gasteiger partial charge >= 0.3 is 0 Å². The zero-order valence-corrected chi connectivity index (χ0v) is 15.7. The maximum absolute atomic E-state index is 13.5. The van der Waals surface area contributed by atoms with Crippen LogP contribution in [-0.2, 0) is 4.79 Å². The Morgan fingerprint density at radius 2 is 2.04 bits per heavy atom. The molecule has 0 spiro atoms. The van der Waals surface area contributed by atoms with Gasteiger partial charge in [-0.3, -0.25) is 4.79 Å². The van der Waals surface area contributed by atoms with Crippen molar-refractivity contribution in [2.24, 2.45) is 0 Å². The summed E-state index contributed by atoms with van der Waals surface area (Å²) in [5.74, 6) is -0.215. The number of amides is 1. The molecule has 0 aliphatic carbocycles. The molecule has 2 aromatic carbocycles.